The molecule has 3 N–H and O–H groups in total. The van der Waals surface area contributed by atoms with Gasteiger partial charge in [0.25, 0.3) is 5.56 Å². The Morgan fingerprint density at radius 1 is 1.32 bits per heavy atom. The molecule has 0 amide bonds. The lowest BCUT2D eigenvalue weighted by Gasteiger charge is -2.13. The number of nitrogens with zero attached hydrogens (tertiary/aromatic N) is 4. The van der Waals surface area contributed by atoms with Gasteiger partial charge in [-0.05, 0) is 17.7 Å². The Balaban J connectivity index is 2.12. The second kappa shape index (κ2) is 7.48. The third kappa shape index (κ3) is 3.56. The lowest BCUT2D eigenvalue weighted by molar-refractivity contribution is 0.280. The number of hydrogen-bond acceptors (Lipinski definition) is 7. The number of pyridine rings is 1. The fourth-order valence-corrected chi connectivity index (χ4v) is 3.28. The molecule has 10 heteroatoms. The van der Waals surface area contributed by atoms with Gasteiger partial charge in [-0.3, -0.25) is 4.79 Å². The van der Waals surface area contributed by atoms with E-state index in [1.54, 1.807) is 24.3 Å². The Morgan fingerprint density at radius 2 is 2.08 bits per heavy atom. The number of tetrazole rings is 1. The zero-order chi connectivity index (χ0) is 17.8. The number of halogens is 1. The zero-order valence-corrected chi connectivity index (χ0v) is 14.2. The van der Waals surface area contributed by atoms with Crippen molar-refractivity contribution < 1.29 is 5.11 Å². The van der Waals surface area contributed by atoms with Crippen molar-refractivity contribution >= 4 is 23.4 Å². The molecule has 1 aromatic carbocycles. The third-order valence-electron chi connectivity index (χ3n) is 3.42. The molecule has 0 saturated carbocycles. The fourth-order valence-electron chi connectivity index (χ4n) is 2.30. The van der Waals surface area contributed by atoms with E-state index in [0.717, 1.165) is 0 Å². The number of aliphatic hydroxyl groups is 1. The first-order chi connectivity index (χ1) is 12.1. The maximum Gasteiger partial charge on any atom is 0.255 e. The number of nitrogens with one attached hydrogen (secondary N) is 2. The van der Waals surface area contributed by atoms with Gasteiger partial charge >= 0.3 is 0 Å². The van der Waals surface area contributed by atoms with Crippen LogP contribution < -0.4 is 5.56 Å². The topological polar surface area (TPSA) is 131 Å². The number of aromatic amines is 2. The molecule has 2 aromatic heterocycles. The van der Waals surface area contributed by atoms with E-state index in [2.05, 4.69) is 31.7 Å². The largest absolute Gasteiger partial charge is 0.391 e. The molecular formula is C15H11ClN6O2S. The molecule has 8 nitrogen and oxygen atoms in total. The minimum absolute atomic E-state index is 0.128. The van der Waals surface area contributed by atoms with E-state index >= 15 is 0 Å². The molecule has 25 heavy (non-hydrogen) atoms. The van der Waals surface area contributed by atoms with Crippen LogP contribution in [0.2, 0.25) is 5.02 Å². The summed E-state index contributed by atoms with van der Waals surface area (Å²) in [6, 6.07) is 8.83. The second-order valence-corrected chi connectivity index (χ2v) is 6.33. The van der Waals surface area contributed by atoms with E-state index in [4.69, 9.17) is 11.6 Å². The predicted molar refractivity (Wildman–Crippen MR) is 91.9 cm³/mol. The van der Waals surface area contributed by atoms with Crippen molar-refractivity contribution in [3.63, 3.8) is 0 Å². The quantitative estimate of drug-likeness (QED) is 0.581. The summed E-state index contributed by atoms with van der Waals surface area (Å²) in [6.45, 7) is -0.488. The summed E-state index contributed by atoms with van der Waals surface area (Å²) >= 11 is 7.11. The summed E-state index contributed by atoms with van der Waals surface area (Å²) in [5.41, 5.74) is 0.947. The van der Waals surface area contributed by atoms with Gasteiger partial charge in [0.1, 0.15) is 6.07 Å². The van der Waals surface area contributed by atoms with Crippen LogP contribution in [-0.4, -0.2) is 30.7 Å². The molecule has 0 atom stereocenters. The van der Waals surface area contributed by atoms with E-state index in [0.29, 0.717) is 32.8 Å². The lowest BCUT2D eigenvalue weighted by atomic mass is 9.97. The normalized spacial score (nSPS) is 10.6. The predicted octanol–water partition coefficient (Wildman–Crippen LogP) is 1.86. The van der Waals surface area contributed by atoms with Crippen LogP contribution in [0.1, 0.15) is 17.0 Å². The van der Waals surface area contributed by atoms with Crippen LogP contribution in [0.5, 0.6) is 0 Å². The van der Waals surface area contributed by atoms with Gasteiger partial charge in [0, 0.05) is 10.6 Å². The van der Waals surface area contributed by atoms with Gasteiger partial charge in [0.15, 0.2) is 5.82 Å². The van der Waals surface area contributed by atoms with Crippen LogP contribution in [0.3, 0.4) is 0 Å². The molecule has 0 radical (unpaired) electrons. The molecular weight excluding hydrogens is 364 g/mol. The first kappa shape index (κ1) is 17.2. The van der Waals surface area contributed by atoms with Crippen molar-refractivity contribution in [2.24, 2.45) is 0 Å². The monoisotopic (exact) mass is 374 g/mol. The van der Waals surface area contributed by atoms with E-state index in [9.17, 15) is 15.2 Å². The molecule has 0 unspecified atom stereocenters. The van der Waals surface area contributed by atoms with Crippen molar-refractivity contribution in [2.45, 2.75) is 17.4 Å². The van der Waals surface area contributed by atoms with Crippen LogP contribution in [0.25, 0.3) is 11.1 Å². The van der Waals surface area contributed by atoms with Crippen molar-refractivity contribution in [1.82, 2.24) is 25.6 Å². The highest BCUT2D eigenvalue weighted by molar-refractivity contribution is 7.98. The molecule has 3 rings (SSSR count). The maximum absolute atomic E-state index is 12.3. The Bertz CT molecular complexity index is 979. The minimum atomic E-state index is -0.488. The van der Waals surface area contributed by atoms with Crippen LogP contribution in [0.15, 0.2) is 34.1 Å². The van der Waals surface area contributed by atoms with Gasteiger partial charge in [-0.1, -0.05) is 40.7 Å². The number of thioether (sulfide) groups is 1. The maximum atomic E-state index is 12.3. The van der Waals surface area contributed by atoms with E-state index in [1.165, 1.54) is 11.8 Å². The number of hydrogen-bond donors (Lipinski definition) is 3. The molecule has 2 heterocycles. The zero-order valence-electron chi connectivity index (χ0n) is 12.7. The van der Waals surface area contributed by atoms with E-state index in [1.807, 2.05) is 0 Å². The van der Waals surface area contributed by atoms with Crippen molar-refractivity contribution in [2.75, 3.05) is 0 Å². The average Bonchev–Trinajstić information content (AvgIpc) is 3.13. The average molecular weight is 375 g/mol. The van der Waals surface area contributed by atoms with Crippen molar-refractivity contribution in [3.05, 3.63) is 56.6 Å². The standard InChI is InChI=1S/C15H11ClN6O2S/c16-9-3-1-8(2-4-9)13-10(5-17)15(18-14(24)11(13)6-23)25-7-12-19-21-22-20-12/h1-4,23H,6-7H2,(H,18,24)(H,19,20,21,22). The second-order valence-electron chi connectivity index (χ2n) is 4.91. The van der Waals surface area contributed by atoms with Gasteiger partial charge in [0.05, 0.1) is 28.5 Å². The fraction of sp³-hybridized carbons (Fsp3) is 0.133. The van der Waals surface area contributed by atoms with Gasteiger partial charge in [-0.15, -0.1) is 10.2 Å². The number of rotatable bonds is 5. The summed E-state index contributed by atoms with van der Waals surface area (Å²) in [6.07, 6.45) is 0. The Hall–Kier alpha value is -2.67. The summed E-state index contributed by atoms with van der Waals surface area (Å²) in [7, 11) is 0. The Kier molecular flexibility index (Phi) is 5.14. The van der Waals surface area contributed by atoms with Crippen molar-refractivity contribution in [1.29, 1.82) is 5.26 Å². The molecule has 126 valence electrons. The van der Waals surface area contributed by atoms with Crippen LogP contribution in [0.4, 0.5) is 0 Å². The Morgan fingerprint density at radius 3 is 2.68 bits per heavy atom. The molecule has 0 aliphatic rings. The number of benzene rings is 1. The minimum Gasteiger partial charge on any atom is -0.391 e. The van der Waals surface area contributed by atoms with Crippen LogP contribution in [-0.2, 0) is 12.4 Å². The molecule has 0 aliphatic carbocycles. The highest BCUT2D eigenvalue weighted by Gasteiger charge is 2.19. The summed E-state index contributed by atoms with van der Waals surface area (Å²) in [5, 5.41) is 33.6. The highest BCUT2D eigenvalue weighted by atomic mass is 35.5. The molecule has 3 aromatic rings. The first-order valence-electron chi connectivity index (χ1n) is 7.05. The molecule has 0 bridgehead atoms. The summed E-state index contributed by atoms with van der Waals surface area (Å²) < 4.78 is 0. The summed E-state index contributed by atoms with van der Waals surface area (Å²) in [5.74, 6) is 0.758. The number of nitriles is 1. The van der Waals surface area contributed by atoms with Gasteiger partial charge in [-0.2, -0.15) is 10.5 Å². The van der Waals surface area contributed by atoms with Gasteiger partial charge in [0.2, 0.25) is 0 Å². The van der Waals surface area contributed by atoms with Crippen LogP contribution in [0, 0.1) is 11.3 Å². The smallest absolute Gasteiger partial charge is 0.255 e. The number of aliphatic hydroxyl groups excluding tert-OH is 1. The SMILES string of the molecule is N#Cc1c(SCc2nn[nH]n2)[nH]c(=O)c(CO)c1-c1ccc(Cl)cc1. The van der Waals surface area contributed by atoms with E-state index in [-0.39, 0.29) is 11.1 Å². The van der Waals surface area contributed by atoms with E-state index < -0.39 is 12.2 Å². The van der Waals surface area contributed by atoms with Gasteiger partial charge < -0.3 is 10.1 Å². The van der Waals surface area contributed by atoms with Gasteiger partial charge in [-0.25, -0.2) is 0 Å². The first-order valence-corrected chi connectivity index (χ1v) is 8.41. The summed E-state index contributed by atoms with van der Waals surface area (Å²) in [4.78, 5) is 15.0. The molecule has 0 fully saturated rings. The highest BCUT2D eigenvalue weighted by Crippen LogP contribution is 2.32. The van der Waals surface area contributed by atoms with Crippen molar-refractivity contribution in [3.8, 4) is 17.2 Å². The molecule has 0 saturated heterocycles. The van der Waals surface area contributed by atoms with Crippen LogP contribution >= 0.6 is 23.4 Å². The molecule has 0 spiro atoms. The number of H-pyrrole nitrogens is 2. The number of aromatic nitrogens is 5. The molecule has 0 aliphatic heterocycles. The lowest BCUT2D eigenvalue weighted by Crippen LogP contribution is -2.17. The third-order valence-corrected chi connectivity index (χ3v) is 4.67. The Labute approximate surface area is 150 Å².